The fraction of sp³-hybridized carbons (Fsp3) is 0.238. The number of amides is 1. The van der Waals surface area contributed by atoms with Crippen LogP contribution in [0.1, 0.15) is 27.2 Å². The first-order valence-electron chi connectivity index (χ1n) is 9.53. The molecule has 32 heavy (non-hydrogen) atoms. The van der Waals surface area contributed by atoms with Crippen molar-refractivity contribution in [3.8, 4) is 11.5 Å². The fourth-order valence-corrected chi connectivity index (χ4v) is 3.99. The molecule has 11 heteroatoms. The Morgan fingerprint density at radius 1 is 1.16 bits per heavy atom. The molecule has 0 spiro atoms. The standard InChI is InChI=1S/C21H18F3N3O4S/c1-32(29,30)20-25-11-17(26-20)19(28)27-10-9-16-13(12-27)3-2-4-18(16)31-15-7-5-14(6-8-15)21(22,23)24/h2-8,11H,9-10,12H2,1H3,(H,25,26). The van der Waals surface area contributed by atoms with Gasteiger partial charge in [0, 0.05) is 31.1 Å². The predicted molar refractivity (Wildman–Crippen MR) is 108 cm³/mol. The van der Waals surface area contributed by atoms with Crippen LogP contribution in [0.2, 0.25) is 0 Å². The maximum atomic E-state index is 12.8. The van der Waals surface area contributed by atoms with E-state index in [9.17, 15) is 26.4 Å². The third kappa shape index (κ3) is 4.47. The number of hydrogen-bond donors (Lipinski definition) is 1. The third-order valence-corrected chi connectivity index (χ3v) is 5.96. The molecule has 0 saturated heterocycles. The van der Waals surface area contributed by atoms with Crippen LogP contribution in [0, 0.1) is 0 Å². The van der Waals surface area contributed by atoms with Gasteiger partial charge in [0.05, 0.1) is 5.56 Å². The number of aromatic amines is 1. The van der Waals surface area contributed by atoms with Crippen LogP contribution in [0.25, 0.3) is 0 Å². The van der Waals surface area contributed by atoms with E-state index in [0.29, 0.717) is 18.7 Å². The van der Waals surface area contributed by atoms with Gasteiger partial charge in [-0.1, -0.05) is 12.1 Å². The van der Waals surface area contributed by atoms with Crippen LogP contribution in [-0.2, 0) is 29.0 Å². The number of carbonyl (C=O) groups is 1. The van der Waals surface area contributed by atoms with E-state index in [1.165, 1.54) is 18.3 Å². The number of nitrogens with one attached hydrogen (secondary N) is 1. The molecule has 7 nitrogen and oxygen atoms in total. The van der Waals surface area contributed by atoms with Crippen molar-refractivity contribution in [2.45, 2.75) is 24.3 Å². The topological polar surface area (TPSA) is 92.4 Å². The lowest BCUT2D eigenvalue weighted by Crippen LogP contribution is -2.36. The molecule has 0 fully saturated rings. The van der Waals surface area contributed by atoms with Crippen molar-refractivity contribution in [2.24, 2.45) is 0 Å². The van der Waals surface area contributed by atoms with Gasteiger partial charge in [-0.15, -0.1) is 0 Å². The van der Waals surface area contributed by atoms with Crippen molar-refractivity contribution in [3.05, 3.63) is 71.0 Å². The second kappa shape index (κ2) is 7.97. The van der Waals surface area contributed by atoms with E-state index in [4.69, 9.17) is 4.74 Å². The largest absolute Gasteiger partial charge is 0.457 e. The summed E-state index contributed by atoms with van der Waals surface area (Å²) in [4.78, 5) is 20.7. The van der Waals surface area contributed by atoms with Crippen LogP contribution in [0.15, 0.2) is 53.8 Å². The minimum atomic E-state index is -4.42. The fourth-order valence-electron chi connectivity index (χ4n) is 3.45. The lowest BCUT2D eigenvalue weighted by Gasteiger charge is -2.29. The van der Waals surface area contributed by atoms with Crippen molar-refractivity contribution in [2.75, 3.05) is 12.8 Å². The number of ether oxygens (including phenoxy) is 1. The monoisotopic (exact) mass is 465 g/mol. The smallest absolute Gasteiger partial charge is 0.416 e. The normalized spacial score (nSPS) is 14.2. The molecule has 0 aliphatic carbocycles. The van der Waals surface area contributed by atoms with Crippen LogP contribution in [-0.4, -0.2) is 42.0 Å². The number of carbonyl (C=O) groups excluding carboxylic acids is 1. The molecule has 0 unspecified atom stereocenters. The molecule has 0 bridgehead atoms. The van der Waals surface area contributed by atoms with Crippen LogP contribution in [0.3, 0.4) is 0 Å². The maximum Gasteiger partial charge on any atom is 0.416 e. The molecule has 3 aromatic rings. The molecule has 168 valence electrons. The first kappa shape index (κ1) is 21.9. The highest BCUT2D eigenvalue weighted by molar-refractivity contribution is 7.90. The second-order valence-electron chi connectivity index (χ2n) is 7.36. The molecule has 1 aromatic heterocycles. The van der Waals surface area contributed by atoms with E-state index in [1.54, 1.807) is 17.0 Å². The van der Waals surface area contributed by atoms with E-state index in [1.807, 2.05) is 6.07 Å². The average Bonchev–Trinajstić information content (AvgIpc) is 3.24. The SMILES string of the molecule is CS(=O)(=O)c1nc(C(=O)N2CCc3c(cccc3Oc3ccc(C(F)(F)F)cc3)C2)c[nH]1. The van der Waals surface area contributed by atoms with Crippen LogP contribution >= 0.6 is 0 Å². The molecule has 0 radical (unpaired) electrons. The van der Waals surface area contributed by atoms with Crippen molar-refractivity contribution in [3.63, 3.8) is 0 Å². The van der Waals surface area contributed by atoms with Gasteiger partial charge in [-0.25, -0.2) is 13.4 Å². The number of aromatic nitrogens is 2. The Kier molecular flexibility index (Phi) is 5.45. The van der Waals surface area contributed by atoms with Gasteiger partial charge in [-0.2, -0.15) is 13.2 Å². The number of hydrogen-bond acceptors (Lipinski definition) is 5. The Morgan fingerprint density at radius 2 is 1.88 bits per heavy atom. The third-order valence-electron chi connectivity index (χ3n) is 5.04. The molecule has 1 N–H and O–H groups in total. The molecular weight excluding hydrogens is 447 g/mol. The highest BCUT2D eigenvalue weighted by Gasteiger charge is 2.30. The average molecular weight is 465 g/mol. The molecule has 0 saturated carbocycles. The van der Waals surface area contributed by atoms with Crippen LogP contribution < -0.4 is 4.74 Å². The Bertz CT molecular complexity index is 1270. The number of rotatable bonds is 4. The maximum absolute atomic E-state index is 12.8. The van der Waals surface area contributed by atoms with Gasteiger partial charge in [0.2, 0.25) is 15.0 Å². The van der Waals surface area contributed by atoms with Crippen LogP contribution in [0.4, 0.5) is 13.2 Å². The van der Waals surface area contributed by atoms with Crippen molar-refractivity contribution < 1.29 is 31.1 Å². The summed E-state index contributed by atoms with van der Waals surface area (Å²) in [7, 11) is -3.56. The lowest BCUT2D eigenvalue weighted by molar-refractivity contribution is -0.137. The predicted octanol–water partition coefficient (Wildman–Crippen LogP) is 3.82. The summed E-state index contributed by atoms with van der Waals surface area (Å²) < 4.78 is 67.2. The van der Waals surface area contributed by atoms with Gasteiger partial charge in [0.25, 0.3) is 5.91 Å². The zero-order valence-electron chi connectivity index (χ0n) is 16.8. The van der Waals surface area contributed by atoms with Crippen molar-refractivity contribution >= 4 is 15.7 Å². The Hall–Kier alpha value is -3.34. The van der Waals surface area contributed by atoms with Crippen molar-refractivity contribution in [1.82, 2.24) is 14.9 Å². The number of imidazole rings is 1. The molecule has 1 amide bonds. The number of alkyl halides is 3. The quantitative estimate of drug-likeness (QED) is 0.633. The lowest BCUT2D eigenvalue weighted by atomic mass is 9.98. The first-order valence-corrected chi connectivity index (χ1v) is 11.4. The Morgan fingerprint density at radius 3 is 2.50 bits per heavy atom. The number of sulfone groups is 1. The van der Waals surface area contributed by atoms with E-state index < -0.39 is 27.5 Å². The number of H-pyrrole nitrogens is 1. The summed E-state index contributed by atoms with van der Waals surface area (Å²) in [5.74, 6) is 0.374. The number of benzene rings is 2. The number of nitrogens with zero attached hydrogens (tertiary/aromatic N) is 2. The molecule has 1 aliphatic rings. The summed E-state index contributed by atoms with van der Waals surface area (Å²) in [6, 6.07) is 9.73. The minimum absolute atomic E-state index is 0.00559. The number of halogens is 3. The van der Waals surface area contributed by atoms with Gasteiger partial charge in [-0.05, 0) is 42.3 Å². The van der Waals surface area contributed by atoms with Gasteiger partial charge < -0.3 is 14.6 Å². The minimum Gasteiger partial charge on any atom is -0.457 e. The van der Waals surface area contributed by atoms with Gasteiger partial charge >= 0.3 is 6.18 Å². The van der Waals surface area contributed by atoms with E-state index in [2.05, 4.69) is 9.97 Å². The summed E-state index contributed by atoms with van der Waals surface area (Å²) >= 11 is 0. The van der Waals surface area contributed by atoms with Gasteiger partial charge in [-0.3, -0.25) is 4.79 Å². The van der Waals surface area contributed by atoms with E-state index in [0.717, 1.165) is 29.5 Å². The Balaban J connectivity index is 1.51. The first-order chi connectivity index (χ1) is 15.0. The summed E-state index contributed by atoms with van der Waals surface area (Å²) in [6.07, 6.45) is -1.70. The summed E-state index contributed by atoms with van der Waals surface area (Å²) in [5.41, 5.74) is 0.931. The molecule has 4 rings (SSSR count). The highest BCUT2D eigenvalue weighted by atomic mass is 32.2. The summed E-state index contributed by atoms with van der Waals surface area (Å²) in [5, 5.41) is -0.273. The molecular formula is C21H18F3N3O4S. The zero-order chi connectivity index (χ0) is 23.1. The Labute approximate surface area is 181 Å². The van der Waals surface area contributed by atoms with Crippen LogP contribution in [0.5, 0.6) is 11.5 Å². The van der Waals surface area contributed by atoms with E-state index >= 15 is 0 Å². The summed E-state index contributed by atoms with van der Waals surface area (Å²) in [6.45, 7) is 0.611. The second-order valence-corrected chi connectivity index (χ2v) is 9.29. The number of fused-ring (bicyclic) bond motifs is 1. The van der Waals surface area contributed by atoms with Crippen molar-refractivity contribution in [1.29, 1.82) is 0 Å². The molecule has 2 heterocycles. The molecule has 0 atom stereocenters. The zero-order valence-corrected chi connectivity index (χ0v) is 17.6. The molecule has 1 aliphatic heterocycles. The highest BCUT2D eigenvalue weighted by Crippen LogP contribution is 2.34. The van der Waals surface area contributed by atoms with E-state index in [-0.39, 0.29) is 23.1 Å². The van der Waals surface area contributed by atoms with Gasteiger partial charge in [0.15, 0.2) is 0 Å². The molecule has 2 aromatic carbocycles. The van der Waals surface area contributed by atoms with Gasteiger partial charge in [0.1, 0.15) is 17.2 Å².